The lowest BCUT2D eigenvalue weighted by molar-refractivity contribution is 0.0490. The Balaban J connectivity index is 0.000000143. The van der Waals surface area contributed by atoms with Gasteiger partial charge in [-0.1, -0.05) is 66.7 Å². The van der Waals surface area contributed by atoms with Crippen LogP contribution in [-0.4, -0.2) is 184 Å². The number of benzene rings is 6. The molecule has 0 bridgehead atoms. The number of furan rings is 1. The lowest BCUT2D eigenvalue weighted by atomic mass is 10.0. The number of amides is 8. The second-order valence-corrected chi connectivity index (χ2v) is 32.0. The molecule has 6 aromatic carbocycles. The van der Waals surface area contributed by atoms with E-state index in [4.69, 9.17) is 18.6 Å². The normalized spacial score (nSPS) is 11.3. The first-order valence-corrected chi connectivity index (χ1v) is 43.7. The molecule has 133 heavy (non-hydrogen) atoms. The van der Waals surface area contributed by atoms with E-state index in [1.807, 2.05) is 163 Å². The maximum Gasteiger partial charge on any atom is 0.413 e. The van der Waals surface area contributed by atoms with Gasteiger partial charge in [-0.05, 0) is 176 Å². The average molecular weight is 1810 g/mol. The first kappa shape index (κ1) is 91.8. The highest BCUT2D eigenvalue weighted by molar-refractivity contribution is 7.92. The Kier molecular flexibility index (Phi) is 28.7. The number of fused-ring (bicyclic) bond motifs is 4. The van der Waals surface area contributed by atoms with E-state index in [9.17, 15) is 42.0 Å². The number of hydrogen-bond acceptors (Lipinski definition) is 25. The highest BCUT2D eigenvalue weighted by Gasteiger charge is 2.25. The number of hydrogen-bond donors (Lipinski definition) is 13. The Labute approximate surface area is 759 Å². The van der Waals surface area contributed by atoms with Crippen molar-refractivity contribution in [2.75, 3.05) is 65.2 Å². The summed E-state index contributed by atoms with van der Waals surface area (Å²) in [5, 5.41) is 21.7. The van der Waals surface area contributed by atoms with Gasteiger partial charge in [0, 0.05) is 114 Å². The molecule has 17 rings (SSSR count). The number of pyridine rings is 2. The van der Waals surface area contributed by atoms with Gasteiger partial charge < -0.3 is 69.0 Å². The molecule has 0 saturated heterocycles. The van der Waals surface area contributed by atoms with Crippen LogP contribution in [0, 0.1) is 0 Å². The third-order valence-corrected chi connectivity index (χ3v) is 19.8. The molecule has 0 aliphatic heterocycles. The van der Waals surface area contributed by atoms with Crippen LogP contribution < -0.4 is 47.3 Å². The predicted octanol–water partition coefficient (Wildman–Crippen LogP) is 15.6. The number of aromatic amines is 4. The molecule has 11 heterocycles. The molecule has 0 radical (unpaired) electrons. The van der Waals surface area contributed by atoms with Crippen LogP contribution in [0.4, 0.5) is 48.7 Å². The van der Waals surface area contributed by atoms with Gasteiger partial charge in [0.1, 0.15) is 46.4 Å². The summed E-state index contributed by atoms with van der Waals surface area (Å²) in [7, 11) is -3.45. The van der Waals surface area contributed by atoms with Crippen molar-refractivity contribution < 1.29 is 60.6 Å². The van der Waals surface area contributed by atoms with Crippen molar-refractivity contribution in [3.8, 4) is 79.0 Å². The van der Waals surface area contributed by atoms with Crippen LogP contribution >= 0.6 is 0 Å². The minimum absolute atomic E-state index is 0.117. The Morgan fingerprint density at radius 3 is 1.44 bits per heavy atom. The number of carbonyl (C=O) groups excluding carboxylic acids is 7. The standard InChI is InChI=1S/C26H24N8O3.C23H22N4O4.C22H24N8O3.C21H21N7O3S/c1-3-37-26(36)33-25-31-20-13-18(12-19(22(20)32-25)23-27-10-7-11-28-23)34-14-21(29-15-34)24(35)30-16(2)17-8-5-4-6-9-17;1-3-24-23(29)27-22-25-17-13-15(14-8-6-5-7-9-14)12-16(20(17)26-22)18-10-11-19(31-18)21(28)30-4-2;1-5-33-21(32)28-20-26-15-10-13(9-14(17(15)27-20)18-23-7-6-8-24-18)30-11-16(25-12-30)19(31)29-22(2,3)4;1-3-23-21(29)27-20-25-18-10-14(13-5-4-7-22-12-13)9-16(19(18)26-20)17-11-15(6-8-24-17)28-32(2,30)31/h4-16H,3H2,1-2H3,(H,30,35)(H2,31,32,33,36);5-13H,3-4H2,1-2H3,(H3,24,25,26,27,29);6-12H,5H2,1-4H3,(H,29,31)(H2,26,27,28,32);4-12H,3H2,1-2H3,(H,24,28)(H3,23,25,26,27,29)/t16-;;;/m0.../s1. The average Bonchev–Trinajstić information content (AvgIpc) is 1.53. The summed E-state index contributed by atoms with van der Waals surface area (Å²) in [6.07, 6.45) is 17.8. The lowest BCUT2D eigenvalue weighted by Gasteiger charge is -2.19. The first-order valence-electron chi connectivity index (χ1n) is 41.8. The van der Waals surface area contributed by atoms with Crippen molar-refractivity contribution in [3.63, 3.8) is 0 Å². The van der Waals surface area contributed by atoms with Crippen molar-refractivity contribution >= 4 is 126 Å². The van der Waals surface area contributed by atoms with E-state index in [1.54, 1.807) is 129 Å². The summed E-state index contributed by atoms with van der Waals surface area (Å²) in [5.41, 5.74) is 14.8. The van der Waals surface area contributed by atoms with Crippen molar-refractivity contribution in [3.05, 3.63) is 249 Å². The molecule has 13 N–H and O–H groups in total. The van der Waals surface area contributed by atoms with Gasteiger partial charge in [0.15, 0.2) is 11.6 Å². The van der Waals surface area contributed by atoms with Gasteiger partial charge in [-0.15, -0.1) is 0 Å². The predicted molar refractivity (Wildman–Crippen MR) is 501 cm³/mol. The van der Waals surface area contributed by atoms with Crippen molar-refractivity contribution in [2.45, 2.75) is 73.9 Å². The van der Waals surface area contributed by atoms with E-state index in [1.165, 1.54) is 6.20 Å². The number of rotatable bonds is 24. The molecule has 0 fully saturated rings. The van der Waals surface area contributed by atoms with Gasteiger partial charge in [-0.3, -0.25) is 45.5 Å². The smallest absolute Gasteiger partial charge is 0.413 e. The molecule has 1 atom stereocenters. The topological polar surface area (TPSA) is 530 Å². The quantitative estimate of drug-likeness (QED) is 0.0197. The first-order chi connectivity index (χ1) is 64.1. The molecular weight excluding hydrogens is 1720 g/mol. The molecular formula is C92H91N27O13S. The number of ether oxygens (including phenoxy) is 3. The van der Waals surface area contributed by atoms with Crippen LogP contribution in [0.25, 0.3) is 123 Å². The van der Waals surface area contributed by atoms with Crippen LogP contribution in [0.15, 0.2) is 231 Å². The van der Waals surface area contributed by atoms with Gasteiger partial charge >= 0.3 is 30.2 Å². The number of urea groups is 2. The summed E-state index contributed by atoms with van der Waals surface area (Å²) in [6, 6.07) is 47.5. The maximum absolute atomic E-state index is 12.9. The molecule has 0 unspecified atom stereocenters. The van der Waals surface area contributed by atoms with Gasteiger partial charge in [0.25, 0.3) is 11.8 Å². The van der Waals surface area contributed by atoms with E-state index in [0.29, 0.717) is 120 Å². The zero-order valence-electron chi connectivity index (χ0n) is 73.5. The number of anilines is 5. The fourth-order valence-electron chi connectivity index (χ4n) is 13.5. The Hall–Kier alpha value is -17.4. The number of imidazole rings is 6. The third kappa shape index (κ3) is 23.5. The fourth-order valence-corrected chi connectivity index (χ4v) is 14.1. The Bertz CT molecular complexity index is 7160. The molecule has 0 saturated carbocycles. The number of esters is 1. The van der Waals surface area contributed by atoms with Crippen LogP contribution in [-0.2, 0) is 24.2 Å². The number of sulfonamides is 1. The van der Waals surface area contributed by atoms with Crippen molar-refractivity contribution in [1.82, 2.24) is 110 Å². The van der Waals surface area contributed by atoms with Crippen molar-refractivity contribution in [2.24, 2.45) is 0 Å². The number of aromatic nitrogens is 18. The minimum Gasteiger partial charge on any atom is -0.460 e. The van der Waals surface area contributed by atoms with E-state index in [0.717, 1.165) is 39.6 Å². The molecule has 17 aromatic rings. The van der Waals surface area contributed by atoms with E-state index in [2.05, 4.69) is 127 Å². The molecule has 41 heteroatoms. The molecule has 0 aliphatic carbocycles. The molecule has 40 nitrogen and oxygen atoms in total. The summed E-state index contributed by atoms with van der Waals surface area (Å²) in [5.74, 6) is 1.48. The second kappa shape index (κ2) is 41.6. The van der Waals surface area contributed by atoms with Crippen LogP contribution in [0.2, 0.25) is 0 Å². The Morgan fingerprint density at radius 2 is 0.940 bits per heavy atom. The summed E-state index contributed by atoms with van der Waals surface area (Å²) < 4.78 is 49.9. The summed E-state index contributed by atoms with van der Waals surface area (Å²) >= 11 is 0. The minimum atomic E-state index is -3.45. The van der Waals surface area contributed by atoms with E-state index in [-0.39, 0.29) is 90.3 Å². The zero-order valence-corrected chi connectivity index (χ0v) is 74.3. The zero-order chi connectivity index (χ0) is 93.9. The molecule has 0 spiro atoms. The number of carbonyl (C=O) groups is 7. The highest BCUT2D eigenvalue weighted by atomic mass is 32.2. The third-order valence-electron chi connectivity index (χ3n) is 19.2. The fraction of sp³-hybridized carbons (Fsp3) is 0.185. The second-order valence-electron chi connectivity index (χ2n) is 30.2. The van der Waals surface area contributed by atoms with Crippen molar-refractivity contribution in [1.29, 1.82) is 0 Å². The number of H-pyrrole nitrogens is 4. The largest absolute Gasteiger partial charge is 0.460 e. The molecule has 678 valence electrons. The van der Waals surface area contributed by atoms with Gasteiger partial charge in [-0.25, -0.2) is 82.2 Å². The molecule has 8 amide bonds. The van der Waals surface area contributed by atoms with Crippen LogP contribution in [0.5, 0.6) is 0 Å². The Morgan fingerprint density at radius 1 is 0.466 bits per heavy atom. The lowest BCUT2D eigenvalue weighted by Crippen LogP contribution is -2.40. The van der Waals surface area contributed by atoms with Gasteiger partial charge in [-0.2, -0.15) is 0 Å². The molecule has 0 aliphatic rings. The van der Waals surface area contributed by atoms with Crippen LogP contribution in [0.1, 0.15) is 105 Å². The summed E-state index contributed by atoms with van der Waals surface area (Å²) in [6.45, 7) is 18.2. The van der Waals surface area contributed by atoms with Gasteiger partial charge in [0.05, 0.1) is 71.1 Å². The summed E-state index contributed by atoms with van der Waals surface area (Å²) in [4.78, 5) is 150. The van der Waals surface area contributed by atoms with E-state index >= 15 is 0 Å². The number of nitrogens with one attached hydrogen (secondary N) is 13. The molecule has 11 aromatic heterocycles. The van der Waals surface area contributed by atoms with Gasteiger partial charge in [0.2, 0.25) is 39.6 Å². The monoisotopic (exact) mass is 1810 g/mol. The van der Waals surface area contributed by atoms with Crippen LogP contribution in [0.3, 0.4) is 0 Å². The SMILES string of the molecule is CCNC(=O)Nc1nc2c(-c3cc(NS(C)(=O)=O)ccn3)cc(-c3cccnc3)cc2[nH]1.CCNC(=O)Nc1nc2c(-c3ccc(C(=O)OCC)o3)cc(-c3ccccc3)cc2[nH]1.CCOC(=O)Nc1nc2c(-c3ncccn3)cc(-n3cnc(C(=O)NC(C)(C)C)c3)cc2[nH]1.CCOC(=O)Nc1nc2c(-c3ncccn3)cc(-n3cnc(C(=O)N[C@@H](C)c4ccccc4)c3)cc2[nH]1. The highest BCUT2D eigenvalue weighted by Crippen LogP contribution is 2.38. The number of nitrogens with zero attached hydrogens (tertiary/aromatic N) is 14. The maximum atomic E-state index is 12.9. The van der Waals surface area contributed by atoms with E-state index < -0.39 is 28.2 Å².